The lowest BCUT2D eigenvalue weighted by Crippen LogP contribution is -2.10. The number of carbonyl (C=O) groups is 1. The third kappa shape index (κ3) is 5.20. The van der Waals surface area contributed by atoms with E-state index in [-0.39, 0.29) is 5.91 Å². The van der Waals surface area contributed by atoms with Crippen LogP contribution in [0.15, 0.2) is 48.5 Å². The van der Waals surface area contributed by atoms with Gasteiger partial charge in [0.25, 0.3) is 0 Å². The van der Waals surface area contributed by atoms with Crippen molar-refractivity contribution in [3.05, 3.63) is 54.1 Å². The van der Waals surface area contributed by atoms with Gasteiger partial charge in [-0.15, -0.1) is 5.10 Å². The molecular weight excluding hydrogens is 368 g/mol. The van der Waals surface area contributed by atoms with Crippen molar-refractivity contribution in [1.29, 1.82) is 0 Å². The molecule has 2 aromatic carbocycles. The zero-order chi connectivity index (χ0) is 20.6. The number of amides is 1. The molecule has 1 N–H and O–H groups in total. The van der Waals surface area contributed by atoms with Gasteiger partial charge < -0.3 is 14.8 Å². The Morgan fingerprint density at radius 3 is 2.55 bits per heavy atom. The molecule has 3 rings (SSSR count). The van der Waals surface area contributed by atoms with E-state index in [9.17, 15) is 4.79 Å². The quantitative estimate of drug-likeness (QED) is 0.555. The van der Waals surface area contributed by atoms with Crippen LogP contribution in [0.2, 0.25) is 0 Å². The summed E-state index contributed by atoms with van der Waals surface area (Å²) in [5.74, 6) is 0.703. The van der Waals surface area contributed by atoms with Crippen molar-refractivity contribution in [2.24, 2.45) is 0 Å². The number of aromatic nitrogens is 3. The van der Waals surface area contributed by atoms with Crippen molar-refractivity contribution in [1.82, 2.24) is 14.8 Å². The first kappa shape index (κ1) is 20.5. The van der Waals surface area contributed by atoms with Gasteiger partial charge in [0.2, 0.25) is 5.91 Å². The Bertz CT molecular complexity index is 951. The molecule has 7 heteroatoms. The molecule has 0 saturated heterocycles. The first-order valence-corrected chi connectivity index (χ1v) is 9.67. The van der Waals surface area contributed by atoms with Gasteiger partial charge in [0.05, 0.1) is 12.3 Å². The van der Waals surface area contributed by atoms with Gasteiger partial charge in [-0.1, -0.05) is 31.2 Å². The third-order valence-electron chi connectivity index (χ3n) is 4.36. The van der Waals surface area contributed by atoms with Crippen molar-refractivity contribution < 1.29 is 14.3 Å². The number of nitrogens with one attached hydrogen (secondary N) is 1. The SMILES string of the molecule is CCCC(=O)Nc1ccc(-n2nc(OCCOC)nc2-c2ccccc2C)cc1. The Labute approximate surface area is 170 Å². The second-order valence-electron chi connectivity index (χ2n) is 6.63. The van der Waals surface area contributed by atoms with Gasteiger partial charge in [-0.25, -0.2) is 4.68 Å². The highest BCUT2D eigenvalue weighted by Gasteiger charge is 2.16. The molecule has 0 aliphatic carbocycles. The summed E-state index contributed by atoms with van der Waals surface area (Å²) in [4.78, 5) is 16.4. The molecule has 0 aliphatic rings. The molecule has 0 fully saturated rings. The molecular formula is C22H26N4O3. The van der Waals surface area contributed by atoms with Crippen molar-refractivity contribution in [3.8, 4) is 23.1 Å². The largest absolute Gasteiger partial charge is 0.460 e. The number of anilines is 1. The average molecular weight is 394 g/mol. The summed E-state index contributed by atoms with van der Waals surface area (Å²) < 4.78 is 12.4. The smallest absolute Gasteiger partial charge is 0.336 e. The van der Waals surface area contributed by atoms with Crippen LogP contribution in [0, 0.1) is 6.92 Å². The maximum absolute atomic E-state index is 11.8. The predicted octanol–water partition coefficient (Wildman–Crippen LogP) is 4.01. The van der Waals surface area contributed by atoms with E-state index in [2.05, 4.69) is 15.4 Å². The lowest BCUT2D eigenvalue weighted by molar-refractivity contribution is -0.116. The van der Waals surface area contributed by atoms with Gasteiger partial charge in [-0.05, 0) is 43.2 Å². The van der Waals surface area contributed by atoms with E-state index in [4.69, 9.17) is 9.47 Å². The fourth-order valence-corrected chi connectivity index (χ4v) is 2.89. The minimum Gasteiger partial charge on any atom is -0.460 e. The van der Waals surface area contributed by atoms with Crippen molar-refractivity contribution in [3.63, 3.8) is 0 Å². The second-order valence-corrected chi connectivity index (χ2v) is 6.63. The highest BCUT2D eigenvalue weighted by Crippen LogP contribution is 2.26. The van der Waals surface area contributed by atoms with Gasteiger partial charge in [0, 0.05) is 24.8 Å². The molecule has 0 aliphatic heterocycles. The number of benzene rings is 2. The standard InChI is InChI=1S/C22H26N4O3/c1-4-7-20(27)23-17-10-12-18(13-11-17)26-21(19-9-6-5-8-16(19)2)24-22(25-26)29-15-14-28-3/h5-6,8-13H,4,7,14-15H2,1-3H3,(H,23,27). The van der Waals surface area contributed by atoms with E-state index in [0.29, 0.717) is 31.5 Å². The highest BCUT2D eigenvalue weighted by molar-refractivity contribution is 5.90. The molecule has 0 atom stereocenters. The summed E-state index contributed by atoms with van der Waals surface area (Å²) in [7, 11) is 1.62. The molecule has 1 heterocycles. The molecule has 0 bridgehead atoms. The Morgan fingerprint density at radius 2 is 1.86 bits per heavy atom. The summed E-state index contributed by atoms with van der Waals surface area (Å²) in [6.45, 7) is 4.84. The zero-order valence-corrected chi connectivity index (χ0v) is 17.0. The van der Waals surface area contributed by atoms with E-state index in [1.165, 1.54) is 0 Å². The van der Waals surface area contributed by atoms with Crippen LogP contribution in [0.4, 0.5) is 5.69 Å². The van der Waals surface area contributed by atoms with Crippen LogP contribution in [-0.4, -0.2) is 41.0 Å². The lowest BCUT2D eigenvalue weighted by Gasteiger charge is -2.09. The first-order chi connectivity index (χ1) is 14.1. The normalized spacial score (nSPS) is 10.7. The second kappa shape index (κ2) is 9.84. The Hall–Kier alpha value is -3.19. The fourth-order valence-electron chi connectivity index (χ4n) is 2.89. The van der Waals surface area contributed by atoms with E-state index in [1.54, 1.807) is 11.8 Å². The third-order valence-corrected chi connectivity index (χ3v) is 4.36. The highest BCUT2D eigenvalue weighted by atomic mass is 16.5. The van der Waals surface area contributed by atoms with E-state index >= 15 is 0 Å². The Kier molecular flexibility index (Phi) is 6.97. The topological polar surface area (TPSA) is 78.3 Å². The Balaban J connectivity index is 1.92. The van der Waals surface area contributed by atoms with Crippen molar-refractivity contribution in [2.45, 2.75) is 26.7 Å². The summed E-state index contributed by atoms with van der Waals surface area (Å²) in [6, 6.07) is 15.8. The summed E-state index contributed by atoms with van der Waals surface area (Å²) >= 11 is 0. The van der Waals surface area contributed by atoms with Crippen LogP contribution < -0.4 is 10.1 Å². The van der Waals surface area contributed by atoms with E-state index in [1.807, 2.05) is 62.4 Å². The lowest BCUT2D eigenvalue weighted by atomic mass is 10.1. The minimum atomic E-state index is 0.00966. The van der Waals surface area contributed by atoms with Crippen LogP contribution in [0.5, 0.6) is 6.01 Å². The first-order valence-electron chi connectivity index (χ1n) is 9.67. The number of rotatable bonds is 9. The molecule has 1 aromatic heterocycles. The monoisotopic (exact) mass is 394 g/mol. The van der Waals surface area contributed by atoms with E-state index in [0.717, 1.165) is 28.9 Å². The average Bonchev–Trinajstić information content (AvgIpc) is 3.13. The molecule has 1 amide bonds. The number of nitrogens with zero attached hydrogens (tertiary/aromatic N) is 3. The van der Waals surface area contributed by atoms with Crippen molar-refractivity contribution in [2.75, 3.05) is 25.6 Å². The molecule has 3 aromatic rings. The van der Waals surface area contributed by atoms with Crippen LogP contribution in [0.3, 0.4) is 0 Å². The number of methoxy groups -OCH3 is 1. The number of carbonyl (C=O) groups excluding carboxylic acids is 1. The molecule has 0 saturated carbocycles. The number of aryl methyl sites for hydroxylation is 1. The van der Waals surface area contributed by atoms with Gasteiger partial charge in [-0.3, -0.25) is 4.79 Å². The van der Waals surface area contributed by atoms with Gasteiger partial charge in [-0.2, -0.15) is 4.98 Å². The molecule has 0 spiro atoms. The minimum absolute atomic E-state index is 0.00966. The maximum Gasteiger partial charge on any atom is 0.336 e. The Morgan fingerprint density at radius 1 is 1.10 bits per heavy atom. The summed E-state index contributed by atoms with van der Waals surface area (Å²) in [5.41, 5.74) is 3.64. The predicted molar refractivity (Wildman–Crippen MR) is 112 cm³/mol. The van der Waals surface area contributed by atoms with Crippen LogP contribution in [0.25, 0.3) is 17.1 Å². The maximum atomic E-state index is 11.8. The summed E-state index contributed by atoms with van der Waals surface area (Å²) in [5, 5.41) is 7.42. The fraction of sp³-hybridized carbons (Fsp3) is 0.318. The number of ether oxygens (including phenoxy) is 2. The molecule has 0 radical (unpaired) electrons. The molecule has 29 heavy (non-hydrogen) atoms. The zero-order valence-electron chi connectivity index (χ0n) is 17.0. The molecule has 152 valence electrons. The number of hydrogen-bond donors (Lipinski definition) is 1. The number of hydrogen-bond acceptors (Lipinski definition) is 5. The van der Waals surface area contributed by atoms with Crippen LogP contribution in [-0.2, 0) is 9.53 Å². The molecule has 0 unspecified atom stereocenters. The van der Waals surface area contributed by atoms with Gasteiger partial charge in [0.15, 0.2) is 5.82 Å². The molecule has 7 nitrogen and oxygen atoms in total. The summed E-state index contributed by atoms with van der Waals surface area (Å²) in [6.07, 6.45) is 1.32. The van der Waals surface area contributed by atoms with Crippen LogP contribution in [0.1, 0.15) is 25.3 Å². The van der Waals surface area contributed by atoms with Crippen LogP contribution >= 0.6 is 0 Å². The van der Waals surface area contributed by atoms with E-state index < -0.39 is 0 Å². The van der Waals surface area contributed by atoms with Gasteiger partial charge >= 0.3 is 6.01 Å². The van der Waals surface area contributed by atoms with Crippen molar-refractivity contribution >= 4 is 11.6 Å². The van der Waals surface area contributed by atoms with Gasteiger partial charge in [0.1, 0.15) is 6.61 Å².